The largest absolute Gasteiger partial charge is 0.310 e. The normalized spacial score (nSPS) is 16.5. The van der Waals surface area contributed by atoms with Crippen LogP contribution in [0, 0.1) is 18.3 Å². The fourth-order valence-corrected chi connectivity index (χ4v) is 3.24. The second-order valence-corrected chi connectivity index (χ2v) is 5.88. The Morgan fingerprint density at radius 2 is 2.21 bits per heavy atom. The first-order valence-corrected chi connectivity index (χ1v) is 7.77. The van der Waals surface area contributed by atoms with Crippen molar-refractivity contribution in [3.05, 3.63) is 59.2 Å². The van der Waals surface area contributed by atoms with Crippen LogP contribution in [0.4, 0.5) is 0 Å². The summed E-state index contributed by atoms with van der Waals surface area (Å²) < 4.78 is 1.69. The van der Waals surface area contributed by atoms with Crippen molar-refractivity contribution in [3.8, 4) is 6.07 Å². The lowest BCUT2D eigenvalue weighted by Gasteiger charge is -2.31. The van der Waals surface area contributed by atoms with E-state index in [0.29, 0.717) is 18.1 Å². The number of nitrogens with zero attached hydrogens (tertiary/aromatic N) is 5. The Hall–Kier alpha value is -3.20. The first-order chi connectivity index (χ1) is 11.7. The fourth-order valence-electron chi connectivity index (χ4n) is 3.24. The number of nitriles is 1. The number of allylic oxidation sites excluding steroid dienone is 1. The minimum atomic E-state index is -0.0102. The molecule has 0 atom stereocenters. The summed E-state index contributed by atoms with van der Waals surface area (Å²) in [5, 5.41) is 8.95. The average Bonchev–Trinajstić information content (AvgIpc) is 3.01. The maximum atomic E-state index is 12.5. The van der Waals surface area contributed by atoms with Gasteiger partial charge in [-0.25, -0.2) is 4.98 Å². The van der Waals surface area contributed by atoms with Crippen LogP contribution in [-0.4, -0.2) is 39.3 Å². The van der Waals surface area contributed by atoms with Crippen LogP contribution in [0.1, 0.15) is 22.4 Å². The van der Waals surface area contributed by atoms with E-state index < -0.39 is 0 Å². The lowest BCUT2D eigenvalue weighted by atomic mass is 9.92. The van der Waals surface area contributed by atoms with Crippen molar-refractivity contribution in [2.75, 3.05) is 13.1 Å². The maximum absolute atomic E-state index is 12.5. The highest BCUT2D eigenvalue weighted by Gasteiger charge is 2.28. The molecule has 4 rings (SSSR count). The summed E-state index contributed by atoms with van der Waals surface area (Å²) in [6, 6.07) is 8.16. The van der Waals surface area contributed by atoms with Crippen molar-refractivity contribution in [3.63, 3.8) is 0 Å². The van der Waals surface area contributed by atoms with Gasteiger partial charge in [-0.05, 0) is 24.5 Å². The van der Waals surface area contributed by atoms with E-state index in [-0.39, 0.29) is 12.5 Å². The van der Waals surface area contributed by atoms with Crippen LogP contribution in [0.2, 0.25) is 0 Å². The molecule has 0 bridgehead atoms. The van der Waals surface area contributed by atoms with Crippen LogP contribution in [0.15, 0.2) is 41.8 Å². The van der Waals surface area contributed by atoms with Gasteiger partial charge in [0.1, 0.15) is 24.8 Å². The van der Waals surface area contributed by atoms with Gasteiger partial charge < -0.3 is 4.90 Å². The number of rotatable bonds is 0. The molecule has 6 nitrogen and oxygen atoms in total. The van der Waals surface area contributed by atoms with Gasteiger partial charge in [-0.2, -0.15) is 5.26 Å². The summed E-state index contributed by atoms with van der Waals surface area (Å²) in [5.41, 5.74) is 4.77. The summed E-state index contributed by atoms with van der Waals surface area (Å²) >= 11 is 0. The smallest absolute Gasteiger partial charge is 0.248 e. The van der Waals surface area contributed by atoms with E-state index in [4.69, 9.17) is 5.26 Å². The molecule has 24 heavy (non-hydrogen) atoms. The molecule has 0 saturated heterocycles. The highest BCUT2D eigenvalue weighted by atomic mass is 16.2. The minimum Gasteiger partial charge on any atom is -0.310 e. The molecule has 1 aromatic carbocycles. The first-order valence-electron chi connectivity index (χ1n) is 7.77. The minimum absolute atomic E-state index is 0.0102. The number of amides is 1. The SMILES string of the molecule is Cc1cccc2c1CCN1C(=O)CN=C(n3cnc(C#N)c3)C=C21. The molecule has 2 aliphatic rings. The van der Waals surface area contributed by atoms with Gasteiger partial charge in [0.05, 0.1) is 5.70 Å². The summed E-state index contributed by atoms with van der Waals surface area (Å²) in [7, 11) is 0. The molecule has 2 aromatic rings. The topological polar surface area (TPSA) is 74.3 Å². The molecule has 0 unspecified atom stereocenters. The number of hydrogen-bond donors (Lipinski definition) is 0. The molecule has 3 heterocycles. The van der Waals surface area contributed by atoms with Crippen molar-refractivity contribution >= 4 is 17.4 Å². The molecule has 0 radical (unpaired) electrons. The second-order valence-electron chi connectivity index (χ2n) is 5.88. The average molecular weight is 317 g/mol. The molecule has 0 saturated carbocycles. The summed E-state index contributed by atoms with van der Waals surface area (Å²) in [5.74, 6) is 0.605. The van der Waals surface area contributed by atoms with E-state index in [0.717, 1.165) is 17.7 Å². The van der Waals surface area contributed by atoms with Crippen molar-refractivity contribution in [1.82, 2.24) is 14.5 Å². The number of hydrogen-bond acceptors (Lipinski definition) is 4. The second kappa shape index (κ2) is 5.46. The third-order valence-electron chi connectivity index (χ3n) is 4.47. The van der Waals surface area contributed by atoms with Gasteiger partial charge in [-0.15, -0.1) is 0 Å². The standard InChI is InChI=1S/C18H15N5O/c1-12-3-2-4-15-14(12)5-6-23-16(15)7-17(20-9-18(23)24)22-10-13(8-19)21-11-22/h2-4,7,10-11H,5-6,9H2,1H3. The molecule has 0 aliphatic carbocycles. The van der Waals surface area contributed by atoms with E-state index in [1.165, 1.54) is 11.1 Å². The Labute approximate surface area is 139 Å². The lowest BCUT2D eigenvalue weighted by Crippen LogP contribution is -2.36. The molecule has 1 amide bonds. The zero-order valence-corrected chi connectivity index (χ0v) is 13.2. The molecule has 0 N–H and O–H groups in total. The van der Waals surface area contributed by atoms with Crippen LogP contribution < -0.4 is 0 Å². The number of carbonyl (C=O) groups is 1. The van der Waals surface area contributed by atoms with Crippen LogP contribution in [-0.2, 0) is 11.2 Å². The maximum Gasteiger partial charge on any atom is 0.248 e. The molecule has 0 spiro atoms. The van der Waals surface area contributed by atoms with E-state index in [9.17, 15) is 4.79 Å². The van der Waals surface area contributed by atoms with Crippen molar-refractivity contribution in [1.29, 1.82) is 5.26 Å². The molecule has 118 valence electrons. The summed E-state index contributed by atoms with van der Waals surface area (Å²) in [4.78, 5) is 22.7. The Balaban J connectivity index is 1.86. The monoisotopic (exact) mass is 317 g/mol. The summed E-state index contributed by atoms with van der Waals surface area (Å²) in [6.45, 7) is 2.85. The van der Waals surface area contributed by atoms with Crippen LogP contribution in [0.3, 0.4) is 0 Å². The van der Waals surface area contributed by atoms with Crippen molar-refractivity contribution < 1.29 is 4.79 Å². The Morgan fingerprint density at radius 3 is 3.00 bits per heavy atom. The zero-order valence-electron chi connectivity index (χ0n) is 13.2. The van der Waals surface area contributed by atoms with Crippen LogP contribution in [0.25, 0.3) is 5.70 Å². The van der Waals surface area contributed by atoms with Crippen molar-refractivity contribution in [2.24, 2.45) is 4.99 Å². The van der Waals surface area contributed by atoms with Gasteiger partial charge in [0.2, 0.25) is 5.91 Å². The number of imidazole rings is 1. The number of fused-ring (bicyclic) bond motifs is 3. The van der Waals surface area contributed by atoms with Gasteiger partial charge in [-0.1, -0.05) is 18.2 Å². The number of aromatic nitrogens is 2. The van der Waals surface area contributed by atoms with E-state index >= 15 is 0 Å². The van der Waals surface area contributed by atoms with E-state index in [2.05, 4.69) is 23.0 Å². The number of benzene rings is 1. The molecular formula is C18H15N5O. The third-order valence-corrected chi connectivity index (χ3v) is 4.47. The van der Waals surface area contributed by atoms with E-state index in [1.54, 1.807) is 22.0 Å². The van der Waals surface area contributed by atoms with Gasteiger partial charge in [0, 0.05) is 24.4 Å². The predicted octanol–water partition coefficient (Wildman–Crippen LogP) is 1.75. The Bertz CT molecular complexity index is 945. The Morgan fingerprint density at radius 1 is 1.33 bits per heavy atom. The number of carbonyl (C=O) groups excluding carboxylic acids is 1. The van der Waals surface area contributed by atoms with Gasteiger partial charge >= 0.3 is 0 Å². The first kappa shape index (κ1) is 14.4. The number of aliphatic imine (C=N–C) groups is 1. The lowest BCUT2D eigenvalue weighted by molar-refractivity contribution is -0.126. The molecule has 0 fully saturated rings. The molecular weight excluding hydrogens is 302 g/mol. The summed E-state index contributed by atoms with van der Waals surface area (Å²) in [6.07, 6.45) is 5.93. The quantitative estimate of drug-likeness (QED) is 0.743. The highest BCUT2D eigenvalue weighted by molar-refractivity contribution is 6.06. The van der Waals surface area contributed by atoms with Gasteiger partial charge in [0.15, 0.2) is 5.69 Å². The van der Waals surface area contributed by atoms with Gasteiger partial charge in [0.25, 0.3) is 0 Å². The fraction of sp³-hybridized carbons (Fsp3) is 0.222. The Kier molecular flexibility index (Phi) is 3.28. The van der Waals surface area contributed by atoms with E-state index in [1.807, 2.05) is 24.3 Å². The molecule has 6 heteroatoms. The predicted molar refractivity (Wildman–Crippen MR) is 89.2 cm³/mol. The van der Waals surface area contributed by atoms with Crippen LogP contribution >= 0.6 is 0 Å². The number of aryl methyl sites for hydroxylation is 1. The molecule has 1 aromatic heterocycles. The highest BCUT2D eigenvalue weighted by Crippen LogP contribution is 2.31. The van der Waals surface area contributed by atoms with Crippen LogP contribution in [0.5, 0.6) is 0 Å². The van der Waals surface area contributed by atoms with Crippen molar-refractivity contribution in [2.45, 2.75) is 13.3 Å². The molecule has 2 aliphatic heterocycles. The zero-order chi connectivity index (χ0) is 16.7. The van der Waals surface area contributed by atoms with Gasteiger partial charge in [-0.3, -0.25) is 14.4 Å². The third kappa shape index (κ3) is 2.22.